The molecule has 6 heterocycles. The van der Waals surface area contributed by atoms with Crippen molar-refractivity contribution < 1.29 is 19.3 Å². The molecule has 0 aromatic carbocycles. The number of fused-ring (bicyclic) bond motifs is 6. The van der Waals surface area contributed by atoms with Gasteiger partial charge >= 0.3 is 5.97 Å². The summed E-state index contributed by atoms with van der Waals surface area (Å²) in [4.78, 5) is 48.2. The molecule has 2 fully saturated rings. The summed E-state index contributed by atoms with van der Waals surface area (Å²) in [7, 11) is 0. The topological polar surface area (TPSA) is 105 Å². The molecule has 2 atom stereocenters. The molecule has 274 valence electrons. The first-order valence-electron chi connectivity index (χ1n) is 18.9. The third kappa shape index (κ3) is 6.94. The summed E-state index contributed by atoms with van der Waals surface area (Å²) >= 11 is 3.24. The van der Waals surface area contributed by atoms with Gasteiger partial charge in [0.15, 0.2) is 5.69 Å². The van der Waals surface area contributed by atoms with Gasteiger partial charge in [-0.1, -0.05) is 50.4 Å². The summed E-state index contributed by atoms with van der Waals surface area (Å²) in [5, 5.41) is 0. The molecule has 53 heavy (non-hydrogen) atoms. The first-order valence-corrected chi connectivity index (χ1v) is 20.5. The van der Waals surface area contributed by atoms with Gasteiger partial charge in [-0.3, -0.25) is 19.1 Å². The van der Waals surface area contributed by atoms with E-state index in [2.05, 4.69) is 34.4 Å². The molecule has 2 aliphatic heterocycles. The summed E-state index contributed by atoms with van der Waals surface area (Å²) in [6.45, 7) is 4.69. The normalized spacial score (nSPS) is 20.1. The number of ether oxygens (including phenoxy) is 1. The van der Waals surface area contributed by atoms with Crippen molar-refractivity contribution in [2.24, 2.45) is 21.8 Å². The molecule has 0 saturated heterocycles. The van der Waals surface area contributed by atoms with Crippen molar-refractivity contribution in [1.82, 2.24) is 19.1 Å². The Morgan fingerprint density at radius 3 is 1.91 bits per heavy atom. The lowest BCUT2D eigenvalue weighted by Gasteiger charge is -2.23. The predicted molar refractivity (Wildman–Crippen MR) is 207 cm³/mol. The maximum absolute atomic E-state index is 13.4. The van der Waals surface area contributed by atoms with E-state index in [4.69, 9.17) is 42.3 Å². The Morgan fingerprint density at radius 2 is 1.32 bits per heavy atom. The number of carbonyl (C=O) groups excluding carboxylic acids is 1. The number of hydrogen-bond donors (Lipinski definition) is 0. The third-order valence-corrected chi connectivity index (χ3v) is 13.1. The van der Waals surface area contributed by atoms with Crippen LogP contribution in [0.15, 0.2) is 34.8 Å². The molecule has 0 amide bonds. The number of carbonyl (C=O) groups is 1. The fourth-order valence-corrected chi connectivity index (χ4v) is 10.4. The average molecular weight is 749 g/mol. The molecule has 4 aromatic heterocycles. The summed E-state index contributed by atoms with van der Waals surface area (Å²) < 4.78 is 9.77. The monoisotopic (exact) mass is 748 g/mol. The van der Waals surface area contributed by atoms with Gasteiger partial charge in [0.25, 0.3) is 0 Å². The minimum atomic E-state index is -0.486. The number of aliphatic imine (C=N–C) groups is 2. The molecule has 10 nitrogen and oxygen atoms in total. The van der Waals surface area contributed by atoms with Crippen LogP contribution in [0.25, 0.3) is 11.4 Å². The maximum atomic E-state index is 13.4. The van der Waals surface area contributed by atoms with E-state index in [9.17, 15) is 4.79 Å². The lowest BCUT2D eigenvalue weighted by molar-refractivity contribution is -0.305. The zero-order valence-electron chi connectivity index (χ0n) is 30.3. The summed E-state index contributed by atoms with van der Waals surface area (Å²) in [6, 6.07) is 3.71. The van der Waals surface area contributed by atoms with E-state index in [1.807, 2.05) is 23.9 Å². The molecule has 12 heteroatoms. The lowest BCUT2D eigenvalue weighted by atomic mass is 9.85. The van der Waals surface area contributed by atoms with Gasteiger partial charge in [-0.25, -0.2) is 24.5 Å². The van der Waals surface area contributed by atoms with E-state index in [0.29, 0.717) is 18.3 Å². The van der Waals surface area contributed by atoms with Crippen LogP contribution in [0.3, 0.4) is 0 Å². The minimum absolute atomic E-state index is 0.0997. The van der Waals surface area contributed by atoms with Crippen molar-refractivity contribution in [1.29, 1.82) is 0 Å². The summed E-state index contributed by atoms with van der Waals surface area (Å²) in [5.41, 5.74) is 7.00. The molecule has 4 aliphatic rings. The van der Waals surface area contributed by atoms with E-state index in [1.165, 1.54) is 44.2 Å². The van der Waals surface area contributed by atoms with Crippen LogP contribution in [0, 0.1) is 36.5 Å². The maximum Gasteiger partial charge on any atom is 0.358 e. The van der Waals surface area contributed by atoms with Crippen LogP contribution in [0.2, 0.25) is 0 Å². The van der Waals surface area contributed by atoms with Gasteiger partial charge in [0.1, 0.15) is 12.9 Å². The van der Waals surface area contributed by atoms with E-state index >= 15 is 0 Å². The quantitative estimate of drug-likeness (QED) is 0.0528. The number of nitrogens with zero attached hydrogens (tertiary/aromatic N) is 6. The van der Waals surface area contributed by atoms with Crippen molar-refractivity contribution in [2.75, 3.05) is 13.2 Å². The van der Waals surface area contributed by atoms with E-state index in [0.717, 1.165) is 79.4 Å². The molecule has 0 spiro atoms. The molecule has 4 aromatic rings. The second-order valence-corrected chi connectivity index (χ2v) is 16.5. The number of esters is 1. The van der Waals surface area contributed by atoms with Crippen molar-refractivity contribution in [3.8, 4) is 36.1 Å². The van der Waals surface area contributed by atoms with Gasteiger partial charge in [-0.05, 0) is 51.7 Å². The van der Waals surface area contributed by atoms with Crippen LogP contribution in [0.4, 0.5) is 0 Å². The Morgan fingerprint density at radius 1 is 0.774 bits per heavy atom. The van der Waals surface area contributed by atoms with Gasteiger partial charge in [0, 0.05) is 18.3 Å². The van der Waals surface area contributed by atoms with Gasteiger partial charge < -0.3 is 4.74 Å². The fourth-order valence-electron chi connectivity index (χ4n) is 8.37. The SMILES string of the molecule is C#Cc1cc2c(s1)C(C1CCCCC1)=NC(C)c1c(COOCCCOC(=O)c3ncn4c3C(C)N=C(C3CCCCC3)c3sc(C#C)cc3-4)ncn1-2. The Kier molecular flexibility index (Phi) is 10.5. The second kappa shape index (κ2) is 15.6. The second-order valence-electron chi connectivity index (χ2n) is 14.4. The van der Waals surface area contributed by atoms with Crippen molar-refractivity contribution in [3.05, 3.63) is 67.1 Å². The molecule has 8 rings (SSSR count). The van der Waals surface area contributed by atoms with Crippen molar-refractivity contribution in [3.63, 3.8) is 0 Å². The largest absolute Gasteiger partial charge is 0.461 e. The van der Waals surface area contributed by atoms with Crippen LogP contribution in [-0.4, -0.2) is 49.7 Å². The Balaban J connectivity index is 0.886. The Labute approximate surface area is 318 Å². The first-order chi connectivity index (χ1) is 25.9. The minimum Gasteiger partial charge on any atom is -0.461 e. The number of imidazole rings is 2. The highest BCUT2D eigenvalue weighted by molar-refractivity contribution is 7.15. The molecule has 0 N–H and O–H groups in total. The molecule has 0 bridgehead atoms. The van der Waals surface area contributed by atoms with Crippen LogP contribution in [0.1, 0.15) is 144 Å². The van der Waals surface area contributed by atoms with Gasteiger partial charge in [-0.15, -0.1) is 35.5 Å². The molecular formula is C41H44N6O4S2. The lowest BCUT2D eigenvalue weighted by Crippen LogP contribution is -2.19. The van der Waals surface area contributed by atoms with E-state index in [1.54, 1.807) is 29.0 Å². The van der Waals surface area contributed by atoms with Crippen molar-refractivity contribution in [2.45, 2.75) is 103 Å². The van der Waals surface area contributed by atoms with E-state index in [-0.39, 0.29) is 37.6 Å². The Bertz CT molecular complexity index is 2140. The van der Waals surface area contributed by atoms with E-state index < -0.39 is 5.97 Å². The number of hydrogen-bond acceptors (Lipinski definition) is 10. The predicted octanol–water partition coefficient (Wildman–Crippen LogP) is 8.73. The molecule has 2 aliphatic carbocycles. The highest BCUT2D eigenvalue weighted by atomic mass is 32.1. The van der Waals surface area contributed by atoms with Crippen molar-refractivity contribution >= 4 is 40.1 Å². The zero-order valence-corrected chi connectivity index (χ0v) is 31.9. The number of terminal acetylenes is 2. The van der Waals surface area contributed by atoms with Crippen LogP contribution in [0.5, 0.6) is 0 Å². The molecule has 2 unspecified atom stereocenters. The smallest absolute Gasteiger partial charge is 0.358 e. The number of rotatable bonds is 10. The van der Waals surface area contributed by atoms with Crippen LogP contribution in [-0.2, 0) is 21.1 Å². The van der Waals surface area contributed by atoms with Crippen LogP contribution < -0.4 is 0 Å². The molecular weight excluding hydrogens is 705 g/mol. The summed E-state index contributed by atoms with van der Waals surface area (Å²) in [5.74, 6) is 5.97. The summed E-state index contributed by atoms with van der Waals surface area (Å²) in [6.07, 6.45) is 27.6. The zero-order chi connectivity index (χ0) is 36.5. The highest BCUT2D eigenvalue weighted by Gasteiger charge is 2.34. The molecule has 0 radical (unpaired) electrons. The van der Waals surface area contributed by atoms with Gasteiger partial charge in [0.2, 0.25) is 0 Å². The molecule has 2 saturated carbocycles. The average Bonchev–Trinajstić information content (AvgIpc) is 3.98. The van der Waals surface area contributed by atoms with Gasteiger partial charge in [0.05, 0.1) is 91.0 Å². The fraction of sp³-hybridized carbons (Fsp3) is 0.488. The first kappa shape index (κ1) is 35.7. The number of thiophene rings is 2. The standard InChI is InChI=1S/C41H44N6O4S2/c1-5-29-20-32-39(52-29)34(27-14-9-7-10-15-27)44-25(3)37-31(42-23-46(32)37)22-51-50-19-13-18-49-41(48)36-38-26(4)45-35(28-16-11-8-12-17-28)40-33(47(38)24-43-36)21-30(6-2)53-40/h1-2,20-21,23-28H,7-19,22H2,3-4H3. The Hall–Kier alpha value is -4.33. The third-order valence-electron chi connectivity index (χ3n) is 10.9. The van der Waals surface area contributed by atoms with Crippen LogP contribution >= 0.6 is 22.7 Å². The number of aromatic nitrogens is 4. The highest BCUT2D eigenvalue weighted by Crippen LogP contribution is 2.41. The van der Waals surface area contributed by atoms with Gasteiger partial charge in [-0.2, -0.15) is 0 Å².